The molecule has 0 spiro atoms. The predicted octanol–water partition coefficient (Wildman–Crippen LogP) is 3.44. The van der Waals surface area contributed by atoms with Gasteiger partial charge in [-0.15, -0.1) is 0 Å². The maximum absolute atomic E-state index is 5.91. The minimum atomic E-state index is 0.303. The van der Waals surface area contributed by atoms with Crippen molar-refractivity contribution in [2.75, 3.05) is 0 Å². The van der Waals surface area contributed by atoms with Crippen molar-refractivity contribution in [1.29, 1.82) is 0 Å². The standard InChI is InChI=1S/C12H17BrN2O/c1-8-3-4-10(5-9(8)2)16-12-11(13)6-14-7-15-12/h6-10H,3-5H2,1-2H3. The Hall–Kier alpha value is -0.640. The molecule has 1 aliphatic carbocycles. The quantitative estimate of drug-likeness (QED) is 0.835. The van der Waals surface area contributed by atoms with Gasteiger partial charge in [-0.1, -0.05) is 13.8 Å². The zero-order valence-electron chi connectivity index (χ0n) is 9.69. The van der Waals surface area contributed by atoms with E-state index in [9.17, 15) is 0 Å². The lowest BCUT2D eigenvalue weighted by atomic mass is 9.80. The molecule has 0 bridgehead atoms. The van der Waals surface area contributed by atoms with Crippen LogP contribution in [0.25, 0.3) is 0 Å². The Bertz CT molecular complexity index is 359. The molecule has 1 fully saturated rings. The van der Waals surface area contributed by atoms with Gasteiger partial charge in [0.2, 0.25) is 5.88 Å². The normalized spacial score (nSPS) is 30.1. The van der Waals surface area contributed by atoms with Crippen LogP contribution in [0.3, 0.4) is 0 Å². The van der Waals surface area contributed by atoms with Crippen LogP contribution in [0.1, 0.15) is 33.1 Å². The molecular weight excluding hydrogens is 268 g/mol. The van der Waals surface area contributed by atoms with Gasteiger partial charge >= 0.3 is 0 Å². The Morgan fingerprint density at radius 1 is 1.31 bits per heavy atom. The molecule has 0 amide bonds. The van der Waals surface area contributed by atoms with Gasteiger partial charge in [0.25, 0.3) is 0 Å². The molecule has 3 atom stereocenters. The summed E-state index contributed by atoms with van der Waals surface area (Å²) in [6.45, 7) is 4.62. The van der Waals surface area contributed by atoms with Crippen molar-refractivity contribution in [3.63, 3.8) is 0 Å². The van der Waals surface area contributed by atoms with Gasteiger partial charge in [-0.3, -0.25) is 0 Å². The molecule has 0 saturated heterocycles. The number of nitrogens with zero attached hydrogens (tertiary/aromatic N) is 2. The highest BCUT2D eigenvalue weighted by Crippen LogP contribution is 2.32. The van der Waals surface area contributed by atoms with Crippen molar-refractivity contribution in [2.24, 2.45) is 11.8 Å². The van der Waals surface area contributed by atoms with Crippen LogP contribution in [0.2, 0.25) is 0 Å². The van der Waals surface area contributed by atoms with Crippen LogP contribution >= 0.6 is 15.9 Å². The van der Waals surface area contributed by atoms with Gasteiger partial charge in [-0.25, -0.2) is 9.97 Å². The second-order valence-electron chi connectivity index (χ2n) is 4.68. The monoisotopic (exact) mass is 284 g/mol. The van der Waals surface area contributed by atoms with E-state index in [0.717, 1.165) is 29.2 Å². The van der Waals surface area contributed by atoms with E-state index >= 15 is 0 Å². The van der Waals surface area contributed by atoms with Crippen LogP contribution in [0, 0.1) is 11.8 Å². The van der Waals surface area contributed by atoms with Crippen LogP contribution in [-0.2, 0) is 0 Å². The molecule has 2 rings (SSSR count). The molecule has 3 nitrogen and oxygen atoms in total. The van der Waals surface area contributed by atoms with Gasteiger partial charge < -0.3 is 4.74 Å². The Morgan fingerprint density at radius 2 is 2.12 bits per heavy atom. The summed E-state index contributed by atoms with van der Waals surface area (Å²) < 4.78 is 6.74. The average molecular weight is 285 g/mol. The summed E-state index contributed by atoms with van der Waals surface area (Å²) in [5, 5.41) is 0. The third-order valence-corrected chi connectivity index (χ3v) is 4.01. The summed E-state index contributed by atoms with van der Waals surface area (Å²) in [6, 6.07) is 0. The molecule has 0 N–H and O–H groups in total. The molecule has 88 valence electrons. The third kappa shape index (κ3) is 2.73. The van der Waals surface area contributed by atoms with Gasteiger partial charge in [0, 0.05) is 6.20 Å². The van der Waals surface area contributed by atoms with E-state index in [1.165, 1.54) is 12.7 Å². The number of hydrogen-bond donors (Lipinski definition) is 0. The molecule has 0 aromatic carbocycles. The lowest BCUT2D eigenvalue weighted by molar-refractivity contribution is 0.0955. The van der Waals surface area contributed by atoms with E-state index in [1.54, 1.807) is 6.20 Å². The molecule has 1 aliphatic rings. The summed E-state index contributed by atoms with van der Waals surface area (Å²) >= 11 is 3.40. The molecule has 0 radical (unpaired) electrons. The fraction of sp³-hybridized carbons (Fsp3) is 0.667. The zero-order valence-corrected chi connectivity index (χ0v) is 11.3. The highest BCUT2D eigenvalue weighted by atomic mass is 79.9. The van der Waals surface area contributed by atoms with Crippen molar-refractivity contribution in [3.8, 4) is 5.88 Å². The summed E-state index contributed by atoms with van der Waals surface area (Å²) in [5.41, 5.74) is 0. The molecule has 0 aliphatic heterocycles. The van der Waals surface area contributed by atoms with Gasteiger partial charge in [0.05, 0.1) is 4.47 Å². The first-order valence-electron chi connectivity index (χ1n) is 5.79. The molecule has 1 heterocycles. The first kappa shape index (κ1) is 11.8. The molecule has 3 unspecified atom stereocenters. The maximum Gasteiger partial charge on any atom is 0.231 e. The second kappa shape index (κ2) is 5.13. The zero-order chi connectivity index (χ0) is 11.5. The van der Waals surface area contributed by atoms with Crippen molar-refractivity contribution < 1.29 is 4.74 Å². The van der Waals surface area contributed by atoms with E-state index in [2.05, 4.69) is 39.7 Å². The molecule has 16 heavy (non-hydrogen) atoms. The number of hydrogen-bond acceptors (Lipinski definition) is 3. The summed E-state index contributed by atoms with van der Waals surface area (Å²) in [5.74, 6) is 2.22. The molecule has 1 saturated carbocycles. The van der Waals surface area contributed by atoms with Crippen LogP contribution in [0.4, 0.5) is 0 Å². The first-order chi connectivity index (χ1) is 7.66. The third-order valence-electron chi connectivity index (χ3n) is 3.46. The summed E-state index contributed by atoms with van der Waals surface area (Å²) in [7, 11) is 0. The smallest absolute Gasteiger partial charge is 0.231 e. The first-order valence-corrected chi connectivity index (χ1v) is 6.58. The Kier molecular flexibility index (Phi) is 3.79. The lowest BCUT2D eigenvalue weighted by Gasteiger charge is -2.31. The fourth-order valence-corrected chi connectivity index (χ4v) is 2.47. The number of aromatic nitrogens is 2. The van der Waals surface area contributed by atoms with Crippen molar-refractivity contribution in [1.82, 2.24) is 9.97 Å². The Labute approximate surface area is 105 Å². The number of rotatable bonds is 2. The highest BCUT2D eigenvalue weighted by Gasteiger charge is 2.26. The van der Waals surface area contributed by atoms with Gasteiger partial charge in [-0.05, 0) is 47.0 Å². The van der Waals surface area contributed by atoms with Crippen LogP contribution < -0.4 is 4.74 Å². The SMILES string of the molecule is CC1CCC(Oc2ncncc2Br)CC1C. The van der Waals surface area contributed by atoms with Crippen molar-refractivity contribution >= 4 is 15.9 Å². The molecule has 1 aromatic heterocycles. The average Bonchev–Trinajstić information content (AvgIpc) is 2.27. The minimum Gasteiger partial charge on any atom is -0.473 e. The highest BCUT2D eigenvalue weighted by molar-refractivity contribution is 9.10. The topological polar surface area (TPSA) is 35.0 Å². The number of ether oxygens (including phenoxy) is 1. The fourth-order valence-electron chi connectivity index (χ4n) is 2.15. The van der Waals surface area contributed by atoms with Gasteiger partial charge in [-0.2, -0.15) is 0 Å². The van der Waals surface area contributed by atoms with E-state index in [-0.39, 0.29) is 0 Å². The van der Waals surface area contributed by atoms with E-state index in [4.69, 9.17) is 4.74 Å². The van der Waals surface area contributed by atoms with E-state index in [0.29, 0.717) is 12.0 Å². The van der Waals surface area contributed by atoms with Crippen molar-refractivity contribution in [2.45, 2.75) is 39.2 Å². The largest absolute Gasteiger partial charge is 0.473 e. The van der Waals surface area contributed by atoms with Gasteiger partial charge in [0.15, 0.2) is 0 Å². The van der Waals surface area contributed by atoms with Crippen LogP contribution in [0.15, 0.2) is 17.0 Å². The lowest BCUT2D eigenvalue weighted by Crippen LogP contribution is -2.29. The summed E-state index contributed by atoms with van der Waals surface area (Å²) in [6.07, 6.45) is 7.04. The summed E-state index contributed by atoms with van der Waals surface area (Å²) in [4.78, 5) is 8.06. The molecular formula is C12H17BrN2O. The minimum absolute atomic E-state index is 0.303. The maximum atomic E-state index is 5.91. The van der Waals surface area contributed by atoms with E-state index < -0.39 is 0 Å². The predicted molar refractivity (Wildman–Crippen MR) is 66.3 cm³/mol. The second-order valence-corrected chi connectivity index (χ2v) is 5.54. The molecule has 1 aromatic rings. The Morgan fingerprint density at radius 3 is 2.81 bits per heavy atom. The van der Waals surface area contributed by atoms with Crippen molar-refractivity contribution in [3.05, 3.63) is 17.0 Å². The number of halogens is 1. The van der Waals surface area contributed by atoms with Gasteiger partial charge in [0.1, 0.15) is 12.4 Å². The van der Waals surface area contributed by atoms with Crippen LogP contribution in [0.5, 0.6) is 5.88 Å². The molecule has 4 heteroatoms. The Balaban J connectivity index is 1.98. The van der Waals surface area contributed by atoms with Crippen LogP contribution in [-0.4, -0.2) is 16.1 Å². The van der Waals surface area contributed by atoms with E-state index in [1.807, 2.05) is 0 Å².